The number of morpholine rings is 1. The monoisotopic (exact) mass is 458 g/mol. The van der Waals surface area contributed by atoms with Gasteiger partial charge in [-0.15, -0.1) is 0 Å². The summed E-state index contributed by atoms with van der Waals surface area (Å²) >= 11 is 0. The number of nitrogens with zero attached hydrogens (tertiary/aromatic N) is 3. The van der Waals surface area contributed by atoms with Crippen molar-refractivity contribution < 1.29 is 9.53 Å². The van der Waals surface area contributed by atoms with Gasteiger partial charge in [-0.05, 0) is 56.5 Å². The van der Waals surface area contributed by atoms with Crippen LogP contribution >= 0.6 is 0 Å². The van der Waals surface area contributed by atoms with Crippen LogP contribution in [0.15, 0.2) is 66.9 Å². The Morgan fingerprint density at radius 1 is 1.21 bits per heavy atom. The maximum Gasteiger partial charge on any atom is 0.254 e. The topological polar surface area (TPSA) is 71.1 Å². The molecule has 4 rings (SSSR count). The number of rotatable bonds is 5. The molecule has 6 heteroatoms. The molecule has 3 heterocycles. The fourth-order valence-electron chi connectivity index (χ4n) is 3.60. The Balaban J connectivity index is 0.000000481. The molecule has 1 fully saturated rings. The van der Waals surface area contributed by atoms with E-state index in [-0.39, 0.29) is 5.91 Å². The van der Waals surface area contributed by atoms with Gasteiger partial charge in [-0.1, -0.05) is 49.4 Å². The molecule has 0 saturated carbocycles. The molecule has 1 aromatic carbocycles. The third-order valence-corrected chi connectivity index (χ3v) is 5.96. The number of fused-ring (bicyclic) bond motifs is 1. The van der Waals surface area contributed by atoms with E-state index in [0.29, 0.717) is 37.5 Å². The van der Waals surface area contributed by atoms with E-state index in [0.717, 1.165) is 27.8 Å². The summed E-state index contributed by atoms with van der Waals surface area (Å²) in [7, 11) is 0. The fraction of sp³-hybridized carbons (Fsp3) is 0.321. The van der Waals surface area contributed by atoms with E-state index in [1.807, 2.05) is 42.2 Å². The Morgan fingerprint density at radius 3 is 2.62 bits per heavy atom. The highest BCUT2D eigenvalue weighted by Crippen LogP contribution is 2.27. The Bertz CT molecular complexity index is 1200. The van der Waals surface area contributed by atoms with Crippen molar-refractivity contribution in [3.8, 4) is 11.1 Å². The van der Waals surface area contributed by atoms with Crippen molar-refractivity contribution in [1.82, 2.24) is 20.1 Å². The van der Waals surface area contributed by atoms with Crippen molar-refractivity contribution in [1.29, 1.82) is 0 Å². The van der Waals surface area contributed by atoms with E-state index in [1.165, 1.54) is 12.0 Å². The molecule has 0 radical (unpaired) electrons. The van der Waals surface area contributed by atoms with Crippen LogP contribution in [0.3, 0.4) is 0 Å². The van der Waals surface area contributed by atoms with Gasteiger partial charge in [0, 0.05) is 35.8 Å². The summed E-state index contributed by atoms with van der Waals surface area (Å²) in [5, 5.41) is 8.27. The van der Waals surface area contributed by atoms with Gasteiger partial charge in [0.15, 0.2) is 5.65 Å². The van der Waals surface area contributed by atoms with Gasteiger partial charge in [0.2, 0.25) is 0 Å². The van der Waals surface area contributed by atoms with Crippen molar-refractivity contribution in [2.75, 3.05) is 26.3 Å². The third-order valence-electron chi connectivity index (χ3n) is 5.96. The summed E-state index contributed by atoms with van der Waals surface area (Å²) in [6.45, 7) is 14.6. The zero-order chi connectivity index (χ0) is 24.5. The number of hydrogen-bond acceptors (Lipinski definition) is 4. The molecule has 0 unspecified atom stereocenters. The van der Waals surface area contributed by atoms with Gasteiger partial charge in [-0.3, -0.25) is 9.89 Å². The van der Waals surface area contributed by atoms with E-state index in [1.54, 1.807) is 12.3 Å². The lowest BCUT2D eigenvalue weighted by atomic mass is 10.0. The molecular formula is C28H34N4O2. The maximum atomic E-state index is 12.8. The average molecular weight is 459 g/mol. The number of benzene rings is 1. The van der Waals surface area contributed by atoms with E-state index in [4.69, 9.17) is 4.74 Å². The van der Waals surface area contributed by atoms with Crippen LogP contribution < -0.4 is 0 Å². The molecule has 1 saturated heterocycles. The van der Waals surface area contributed by atoms with Gasteiger partial charge in [-0.2, -0.15) is 5.10 Å². The summed E-state index contributed by atoms with van der Waals surface area (Å²) < 4.78 is 5.34. The van der Waals surface area contributed by atoms with Gasteiger partial charge < -0.3 is 9.64 Å². The minimum absolute atomic E-state index is 0.0351. The number of pyridine rings is 1. The Labute approximate surface area is 202 Å². The number of aromatic nitrogens is 3. The number of hydrogen-bond donors (Lipinski definition) is 1. The summed E-state index contributed by atoms with van der Waals surface area (Å²) in [6.07, 6.45) is 8.80. The largest absolute Gasteiger partial charge is 0.378 e. The van der Waals surface area contributed by atoms with E-state index >= 15 is 0 Å². The second-order valence-electron chi connectivity index (χ2n) is 8.25. The lowest BCUT2D eigenvalue weighted by Gasteiger charge is -2.27. The minimum atomic E-state index is 0.0351. The molecule has 0 aliphatic carbocycles. The average Bonchev–Trinajstić information content (AvgIpc) is 3.32. The highest BCUT2D eigenvalue weighted by Gasteiger charge is 2.19. The predicted molar refractivity (Wildman–Crippen MR) is 140 cm³/mol. The second kappa shape index (κ2) is 12.1. The molecular weight excluding hydrogens is 424 g/mol. The van der Waals surface area contributed by atoms with Crippen LogP contribution in [0.1, 0.15) is 50.2 Å². The van der Waals surface area contributed by atoms with Crippen molar-refractivity contribution in [2.24, 2.45) is 0 Å². The van der Waals surface area contributed by atoms with Gasteiger partial charge >= 0.3 is 0 Å². The smallest absolute Gasteiger partial charge is 0.254 e. The number of carbonyl (C=O) groups excluding carboxylic acids is 1. The first-order valence-corrected chi connectivity index (χ1v) is 11.7. The third kappa shape index (κ3) is 6.08. The summed E-state index contributed by atoms with van der Waals surface area (Å²) in [5.74, 6) is 0.0351. The lowest BCUT2D eigenvalue weighted by molar-refractivity contribution is 0.0303. The lowest BCUT2D eigenvalue weighted by Crippen LogP contribution is -2.40. The SMILES string of the molecule is C/C=C(\C)CC.C=C/C=C(\C)c1[nH]nc2ncc(-c3cccc(C(=O)N4CCOCC4)c3)cc12. The fourth-order valence-corrected chi connectivity index (χ4v) is 3.60. The van der Waals surface area contributed by atoms with Crippen LogP contribution in [0.5, 0.6) is 0 Å². The van der Waals surface area contributed by atoms with Gasteiger partial charge in [-0.25, -0.2) is 4.98 Å². The molecule has 1 N–H and O–H groups in total. The number of carbonyl (C=O) groups is 1. The van der Waals surface area contributed by atoms with Crippen LogP contribution in [0.4, 0.5) is 0 Å². The van der Waals surface area contributed by atoms with Crippen LogP contribution in [0.25, 0.3) is 27.7 Å². The standard InChI is InChI=1S/C22H22N4O2.C6H12/c1-3-5-15(2)20-19-13-18(14-23-21(19)25-24-20)16-6-4-7-17(12-16)22(27)26-8-10-28-11-9-26;1-4-6(3)5-2/h3-7,12-14H,1,8-11H2,2H3,(H,23,24,25);4H,5H2,1-3H3/b15-5+;6-4+. The van der Waals surface area contributed by atoms with Crippen molar-refractivity contribution in [3.63, 3.8) is 0 Å². The van der Waals surface area contributed by atoms with Gasteiger partial charge in [0.25, 0.3) is 5.91 Å². The summed E-state index contributed by atoms with van der Waals surface area (Å²) in [6, 6.07) is 9.73. The summed E-state index contributed by atoms with van der Waals surface area (Å²) in [4.78, 5) is 19.1. The normalized spacial score (nSPS) is 14.5. The molecule has 1 aliphatic heterocycles. The number of H-pyrrole nitrogens is 1. The first kappa shape index (κ1) is 25.1. The zero-order valence-corrected chi connectivity index (χ0v) is 20.6. The molecule has 34 heavy (non-hydrogen) atoms. The second-order valence-corrected chi connectivity index (χ2v) is 8.25. The summed E-state index contributed by atoms with van der Waals surface area (Å²) in [5.41, 5.74) is 6.66. The Kier molecular flexibility index (Phi) is 8.93. The van der Waals surface area contributed by atoms with E-state index < -0.39 is 0 Å². The Morgan fingerprint density at radius 2 is 1.97 bits per heavy atom. The molecule has 178 valence electrons. The van der Waals surface area contributed by atoms with Gasteiger partial charge in [0.05, 0.1) is 18.9 Å². The molecule has 6 nitrogen and oxygen atoms in total. The molecule has 0 atom stereocenters. The number of aromatic amines is 1. The number of allylic oxidation sites excluding steroid dienone is 5. The van der Waals surface area contributed by atoms with Crippen LogP contribution in [0, 0.1) is 0 Å². The van der Waals surface area contributed by atoms with E-state index in [9.17, 15) is 4.79 Å². The van der Waals surface area contributed by atoms with Crippen LogP contribution in [-0.2, 0) is 4.74 Å². The minimum Gasteiger partial charge on any atom is -0.378 e. The molecule has 2 aromatic heterocycles. The van der Waals surface area contributed by atoms with Crippen LogP contribution in [0.2, 0.25) is 0 Å². The molecule has 0 bridgehead atoms. The van der Waals surface area contributed by atoms with Crippen molar-refractivity contribution in [3.05, 3.63) is 78.2 Å². The number of ether oxygens (including phenoxy) is 1. The number of nitrogens with one attached hydrogen (secondary N) is 1. The molecule has 1 aliphatic rings. The maximum absolute atomic E-state index is 12.8. The van der Waals surface area contributed by atoms with Crippen LogP contribution in [-0.4, -0.2) is 52.3 Å². The Hall–Kier alpha value is -3.51. The first-order chi connectivity index (χ1) is 16.5. The number of amides is 1. The van der Waals surface area contributed by atoms with Crippen molar-refractivity contribution >= 4 is 22.5 Å². The zero-order valence-electron chi connectivity index (χ0n) is 20.6. The molecule has 0 spiro atoms. The highest BCUT2D eigenvalue weighted by molar-refractivity contribution is 5.96. The predicted octanol–water partition coefficient (Wildman–Crippen LogP) is 6.05. The van der Waals surface area contributed by atoms with Crippen molar-refractivity contribution in [2.45, 2.75) is 34.1 Å². The van der Waals surface area contributed by atoms with Gasteiger partial charge in [0.1, 0.15) is 0 Å². The highest BCUT2D eigenvalue weighted by atomic mass is 16.5. The molecule has 3 aromatic rings. The first-order valence-electron chi connectivity index (χ1n) is 11.7. The quantitative estimate of drug-likeness (QED) is 0.373. The van der Waals surface area contributed by atoms with E-state index in [2.05, 4.69) is 54.7 Å². The molecule has 1 amide bonds.